The number of rotatable bonds is 16. The third-order valence-corrected chi connectivity index (χ3v) is 6.89. The highest BCUT2D eigenvalue weighted by Gasteiger charge is 3.23. The molecule has 3 atom stereocenters. The van der Waals surface area contributed by atoms with Crippen LogP contribution in [-0.2, 0) is 33.2 Å². The van der Waals surface area contributed by atoms with Gasteiger partial charge >= 0.3 is 17.7 Å². The van der Waals surface area contributed by atoms with Crippen LogP contribution < -0.4 is 0 Å². The first-order valence-electron chi connectivity index (χ1n) is 11.8. The van der Waals surface area contributed by atoms with Crippen LogP contribution in [0.5, 0.6) is 0 Å². The van der Waals surface area contributed by atoms with Crippen molar-refractivity contribution in [1.82, 2.24) is 0 Å². The molecule has 3 unspecified atom stereocenters. The molecule has 0 N–H and O–H groups in total. The molecule has 0 aliphatic carbocycles. The van der Waals surface area contributed by atoms with Gasteiger partial charge in [0.05, 0.1) is 6.61 Å². The standard InChI is InChI=1S/C22H34O7/c1-2-24-18(23)16-14-12-10-8-6-4-3-5-7-9-11-13-15-17-19(25-17)20(26-19)21-22(27-20,28-21)29-21/h17H,2-16H2,1H3. The van der Waals surface area contributed by atoms with Gasteiger partial charge in [0.1, 0.15) is 6.10 Å². The molecule has 29 heavy (non-hydrogen) atoms. The van der Waals surface area contributed by atoms with E-state index in [1.165, 1.54) is 64.2 Å². The number of hydrogen-bond donors (Lipinski definition) is 0. The number of carbonyl (C=O) groups excluding carboxylic acids is 1. The number of epoxide rings is 4. The van der Waals surface area contributed by atoms with Crippen LogP contribution in [0.2, 0.25) is 0 Å². The van der Waals surface area contributed by atoms with Gasteiger partial charge in [0.2, 0.25) is 0 Å². The molecule has 2 spiro atoms. The lowest BCUT2D eigenvalue weighted by molar-refractivity contribution is -0.166. The maximum absolute atomic E-state index is 11.2. The number of unbranched alkanes of at least 4 members (excludes halogenated alkanes) is 11. The zero-order valence-electron chi connectivity index (χ0n) is 17.5. The molecule has 0 aromatic heterocycles. The Balaban J connectivity index is 0.777. The molecule has 0 amide bonds. The fraction of sp³-hybridized carbons (Fsp3) is 0.955. The normalized spacial score (nSPS) is 41.6. The van der Waals surface area contributed by atoms with Crippen molar-refractivity contribution in [3.63, 3.8) is 0 Å². The van der Waals surface area contributed by atoms with Gasteiger partial charge in [-0.2, -0.15) is 0 Å². The topological polar surface area (TPSA) is 85.7 Å². The minimum absolute atomic E-state index is 0.0506. The lowest BCUT2D eigenvalue weighted by atomic mass is 10.0. The van der Waals surface area contributed by atoms with Gasteiger partial charge in [0.25, 0.3) is 11.6 Å². The predicted octanol–water partition coefficient (Wildman–Crippen LogP) is 4.27. The number of ether oxygens (including phenoxy) is 6. The van der Waals surface area contributed by atoms with Crippen LogP contribution in [0.3, 0.4) is 0 Å². The average molecular weight is 411 g/mol. The fourth-order valence-electron chi connectivity index (χ4n) is 4.97. The van der Waals surface area contributed by atoms with Crippen molar-refractivity contribution in [2.75, 3.05) is 6.61 Å². The molecular weight excluding hydrogens is 376 g/mol. The average Bonchev–Trinajstić information content (AvgIpc) is 3.59. The van der Waals surface area contributed by atoms with Gasteiger partial charge < -0.3 is 9.47 Å². The Morgan fingerprint density at radius 1 is 0.759 bits per heavy atom. The van der Waals surface area contributed by atoms with Crippen LogP contribution >= 0.6 is 0 Å². The second-order valence-electron chi connectivity index (χ2n) is 9.06. The first-order valence-corrected chi connectivity index (χ1v) is 11.8. The van der Waals surface area contributed by atoms with E-state index in [0.29, 0.717) is 13.0 Å². The van der Waals surface area contributed by atoms with Gasteiger partial charge in [-0.1, -0.05) is 70.6 Å². The summed E-state index contributed by atoms with van der Waals surface area (Å²) >= 11 is 0. The van der Waals surface area contributed by atoms with Crippen LogP contribution in [0.4, 0.5) is 0 Å². The quantitative estimate of drug-likeness (QED) is 0.213. The van der Waals surface area contributed by atoms with Crippen molar-refractivity contribution < 1.29 is 33.2 Å². The summed E-state index contributed by atoms with van der Waals surface area (Å²) in [6.45, 7) is 2.35. The summed E-state index contributed by atoms with van der Waals surface area (Å²) in [6, 6.07) is 0. The predicted molar refractivity (Wildman–Crippen MR) is 101 cm³/mol. The maximum atomic E-state index is 11.2. The van der Waals surface area contributed by atoms with Crippen molar-refractivity contribution in [3.8, 4) is 0 Å². The molecule has 5 saturated heterocycles. The van der Waals surface area contributed by atoms with Crippen molar-refractivity contribution in [2.24, 2.45) is 0 Å². The van der Waals surface area contributed by atoms with E-state index >= 15 is 0 Å². The molecule has 5 aliphatic rings. The van der Waals surface area contributed by atoms with Gasteiger partial charge in [-0.25, -0.2) is 0 Å². The summed E-state index contributed by atoms with van der Waals surface area (Å²) in [4.78, 5) is 11.2. The summed E-state index contributed by atoms with van der Waals surface area (Å²) in [5, 5.41) is 0. The summed E-state index contributed by atoms with van der Waals surface area (Å²) in [5.41, 5.74) is 0. The second kappa shape index (κ2) is 7.45. The summed E-state index contributed by atoms with van der Waals surface area (Å²) < 4.78 is 32.7. The fourth-order valence-corrected chi connectivity index (χ4v) is 4.97. The Labute approximate surface area is 172 Å². The lowest BCUT2D eigenvalue weighted by Gasteiger charge is -2.08. The van der Waals surface area contributed by atoms with E-state index in [0.717, 1.165) is 19.3 Å². The van der Waals surface area contributed by atoms with E-state index in [9.17, 15) is 4.79 Å². The molecule has 5 heterocycles. The molecule has 5 fully saturated rings. The molecular formula is C22H34O7. The molecule has 5 rings (SSSR count). The van der Waals surface area contributed by atoms with Crippen molar-refractivity contribution >= 4 is 5.97 Å². The zero-order valence-corrected chi connectivity index (χ0v) is 17.5. The Kier molecular flexibility index (Phi) is 5.18. The Bertz CT molecular complexity index is 631. The zero-order chi connectivity index (χ0) is 20.0. The van der Waals surface area contributed by atoms with Crippen LogP contribution in [0.25, 0.3) is 0 Å². The number of carbonyl (C=O) groups is 1. The highest BCUT2D eigenvalue weighted by molar-refractivity contribution is 5.69. The Morgan fingerprint density at radius 2 is 1.31 bits per heavy atom. The van der Waals surface area contributed by atoms with Gasteiger partial charge in [-0.15, -0.1) is 0 Å². The molecule has 7 heteroatoms. The Morgan fingerprint density at radius 3 is 1.83 bits per heavy atom. The number of esters is 1. The first-order chi connectivity index (χ1) is 14.1. The molecule has 164 valence electrons. The lowest BCUT2D eigenvalue weighted by Crippen LogP contribution is -2.41. The molecule has 0 aromatic rings. The van der Waals surface area contributed by atoms with E-state index < -0.39 is 23.3 Å². The minimum Gasteiger partial charge on any atom is -0.466 e. The van der Waals surface area contributed by atoms with Crippen LogP contribution in [0, 0.1) is 0 Å². The third-order valence-electron chi connectivity index (χ3n) is 6.89. The van der Waals surface area contributed by atoms with Crippen LogP contribution in [0.1, 0.15) is 96.8 Å². The van der Waals surface area contributed by atoms with Gasteiger partial charge in [0.15, 0.2) is 0 Å². The molecule has 0 bridgehead atoms. The molecule has 0 aromatic carbocycles. The maximum Gasteiger partial charge on any atom is 0.355 e. The van der Waals surface area contributed by atoms with Crippen molar-refractivity contribution in [3.05, 3.63) is 0 Å². The van der Waals surface area contributed by atoms with Crippen LogP contribution in [0.15, 0.2) is 0 Å². The third kappa shape index (κ3) is 3.24. The van der Waals surface area contributed by atoms with E-state index in [1.807, 2.05) is 6.92 Å². The monoisotopic (exact) mass is 410 g/mol. The van der Waals surface area contributed by atoms with E-state index in [4.69, 9.17) is 28.4 Å². The van der Waals surface area contributed by atoms with Crippen molar-refractivity contribution in [1.29, 1.82) is 0 Å². The summed E-state index contributed by atoms with van der Waals surface area (Å²) in [5.74, 6) is -2.62. The smallest absolute Gasteiger partial charge is 0.355 e. The number of hydrogen-bond acceptors (Lipinski definition) is 7. The van der Waals surface area contributed by atoms with Crippen LogP contribution in [-0.4, -0.2) is 42.0 Å². The SMILES string of the molecule is CCOC(=O)CCCCCCCCCCCCCCC1OC12OC21OC23OC21O3. The van der Waals surface area contributed by atoms with Gasteiger partial charge in [-0.05, 0) is 19.8 Å². The molecule has 0 radical (unpaired) electrons. The van der Waals surface area contributed by atoms with E-state index in [2.05, 4.69) is 0 Å². The first kappa shape index (κ1) is 20.2. The molecule has 5 aliphatic heterocycles. The van der Waals surface area contributed by atoms with Gasteiger partial charge in [0, 0.05) is 6.42 Å². The minimum atomic E-state index is -0.725. The number of fused-ring (bicyclic) bond motifs is 1. The van der Waals surface area contributed by atoms with Gasteiger partial charge in [-0.3, -0.25) is 23.7 Å². The molecule has 0 saturated carbocycles. The summed E-state index contributed by atoms with van der Waals surface area (Å²) in [7, 11) is 0. The van der Waals surface area contributed by atoms with E-state index in [1.54, 1.807) is 0 Å². The largest absolute Gasteiger partial charge is 0.466 e. The van der Waals surface area contributed by atoms with E-state index in [-0.39, 0.29) is 12.1 Å². The highest BCUT2D eigenvalue weighted by atomic mass is 17.3. The molecule has 7 nitrogen and oxygen atoms in total. The Hall–Kier alpha value is -0.730. The second-order valence-corrected chi connectivity index (χ2v) is 9.06. The summed E-state index contributed by atoms with van der Waals surface area (Å²) in [6.07, 6.45) is 16.8. The highest BCUT2D eigenvalue weighted by Crippen LogP contribution is 2.93. The van der Waals surface area contributed by atoms with Crippen molar-refractivity contribution in [2.45, 2.75) is 126 Å².